The van der Waals surface area contributed by atoms with Gasteiger partial charge in [-0.25, -0.2) is 0 Å². The van der Waals surface area contributed by atoms with Gasteiger partial charge in [0.05, 0.1) is 5.66 Å². The second-order valence-electron chi connectivity index (χ2n) is 4.60. The summed E-state index contributed by atoms with van der Waals surface area (Å²) in [4.78, 5) is 2.62. The Morgan fingerprint density at radius 3 is 2.73 bits per heavy atom. The number of hydrogen-bond acceptors (Lipinski definition) is 2. The van der Waals surface area contributed by atoms with Gasteiger partial charge in [0.15, 0.2) is 0 Å². The largest absolute Gasteiger partial charge is 0.295 e. The molecule has 0 saturated carbocycles. The van der Waals surface area contributed by atoms with E-state index in [2.05, 4.69) is 40.5 Å². The van der Waals surface area contributed by atoms with Crippen LogP contribution in [0.2, 0.25) is 0 Å². The molecule has 2 nitrogen and oxygen atoms in total. The van der Waals surface area contributed by atoms with E-state index in [1.54, 1.807) is 0 Å². The quantitative estimate of drug-likeness (QED) is 0.748. The molecule has 1 aromatic carbocycles. The standard InChI is InChI=1S/C13H18N2/c1-2-6-12(7-3-1)13-8-4-10-15(13)11-5-9-14-13/h1-3,6-7,14H,4-5,8-11H2/t13-/m1/s1. The fraction of sp³-hybridized carbons (Fsp3) is 0.538. The Hall–Kier alpha value is -0.860. The summed E-state index contributed by atoms with van der Waals surface area (Å²) in [7, 11) is 0. The van der Waals surface area contributed by atoms with Crippen molar-refractivity contribution in [3.8, 4) is 0 Å². The van der Waals surface area contributed by atoms with Crippen LogP contribution in [0.25, 0.3) is 0 Å². The number of rotatable bonds is 1. The molecule has 80 valence electrons. The van der Waals surface area contributed by atoms with E-state index in [0.29, 0.717) is 0 Å². The lowest BCUT2D eigenvalue weighted by atomic mass is 9.94. The van der Waals surface area contributed by atoms with Gasteiger partial charge >= 0.3 is 0 Å². The third-order valence-electron chi connectivity index (χ3n) is 3.78. The minimum absolute atomic E-state index is 0.166. The van der Waals surface area contributed by atoms with Gasteiger partial charge in [0.25, 0.3) is 0 Å². The van der Waals surface area contributed by atoms with Gasteiger partial charge in [-0.1, -0.05) is 30.3 Å². The Morgan fingerprint density at radius 2 is 1.87 bits per heavy atom. The topological polar surface area (TPSA) is 15.3 Å². The second-order valence-corrected chi connectivity index (χ2v) is 4.60. The molecule has 1 N–H and O–H groups in total. The maximum atomic E-state index is 3.74. The van der Waals surface area contributed by atoms with E-state index in [-0.39, 0.29) is 5.66 Å². The zero-order valence-corrected chi connectivity index (χ0v) is 9.08. The lowest BCUT2D eigenvalue weighted by molar-refractivity contribution is 0.0657. The molecular formula is C13H18N2. The van der Waals surface area contributed by atoms with Gasteiger partial charge in [0, 0.05) is 13.1 Å². The van der Waals surface area contributed by atoms with Crippen molar-refractivity contribution < 1.29 is 0 Å². The molecule has 2 aliphatic heterocycles. The maximum absolute atomic E-state index is 3.74. The number of hydrogen-bond donors (Lipinski definition) is 1. The minimum Gasteiger partial charge on any atom is -0.295 e. The SMILES string of the molecule is c1ccc([C@@]23CCCN2CCCN3)cc1. The van der Waals surface area contributed by atoms with Crippen LogP contribution >= 0.6 is 0 Å². The first-order chi connectivity index (χ1) is 7.42. The van der Waals surface area contributed by atoms with Gasteiger partial charge in [-0.3, -0.25) is 10.2 Å². The molecule has 2 heterocycles. The summed E-state index contributed by atoms with van der Waals surface area (Å²) in [6.07, 6.45) is 3.87. The van der Waals surface area contributed by atoms with E-state index in [9.17, 15) is 0 Å². The number of benzene rings is 1. The predicted molar refractivity (Wildman–Crippen MR) is 61.5 cm³/mol. The monoisotopic (exact) mass is 202 g/mol. The Labute approximate surface area is 91.3 Å². The van der Waals surface area contributed by atoms with Crippen molar-refractivity contribution in [2.24, 2.45) is 0 Å². The Kier molecular flexibility index (Phi) is 2.26. The van der Waals surface area contributed by atoms with Crippen LogP contribution in [0.3, 0.4) is 0 Å². The smallest absolute Gasteiger partial charge is 0.0975 e. The minimum atomic E-state index is 0.166. The van der Waals surface area contributed by atoms with E-state index < -0.39 is 0 Å². The summed E-state index contributed by atoms with van der Waals surface area (Å²) in [6, 6.07) is 10.9. The van der Waals surface area contributed by atoms with Gasteiger partial charge < -0.3 is 0 Å². The normalized spacial score (nSPS) is 31.5. The molecule has 2 heteroatoms. The highest BCUT2D eigenvalue weighted by molar-refractivity contribution is 5.25. The van der Waals surface area contributed by atoms with Crippen LogP contribution in [0.15, 0.2) is 30.3 Å². The molecule has 2 saturated heterocycles. The van der Waals surface area contributed by atoms with Crippen LogP contribution in [0.4, 0.5) is 0 Å². The molecule has 0 aromatic heterocycles. The van der Waals surface area contributed by atoms with Crippen LogP contribution in [-0.2, 0) is 5.66 Å². The second kappa shape index (κ2) is 3.62. The van der Waals surface area contributed by atoms with E-state index in [1.165, 1.54) is 37.9 Å². The number of nitrogens with zero attached hydrogens (tertiary/aromatic N) is 1. The summed E-state index contributed by atoms with van der Waals surface area (Å²) in [5, 5.41) is 3.74. The van der Waals surface area contributed by atoms with Crippen molar-refractivity contribution in [1.82, 2.24) is 10.2 Å². The third-order valence-corrected chi connectivity index (χ3v) is 3.78. The van der Waals surface area contributed by atoms with Gasteiger partial charge in [0.1, 0.15) is 0 Å². The summed E-state index contributed by atoms with van der Waals surface area (Å²) < 4.78 is 0. The van der Waals surface area contributed by atoms with Crippen LogP contribution in [-0.4, -0.2) is 24.5 Å². The fourth-order valence-electron chi connectivity index (χ4n) is 3.09. The molecular weight excluding hydrogens is 184 g/mol. The van der Waals surface area contributed by atoms with Crippen LogP contribution in [0.5, 0.6) is 0 Å². The van der Waals surface area contributed by atoms with E-state index in [4.69, 9.17) is 0 Å². The molecule has 1 atom stereocenters. The molecule has 0 spiro atoms. The van der Waals surface area contributed by atoms with Crippen molar-refractivity contribution in [2.75, 3.05) is 19.6 Å². The molecule has 3 rings (SSSR count). The third kappa shape index (κ3) is 1.40. The molecule has 2 fully saturated rings. The van der Waals surface area contributed by atoms with Gasteiger partial charge in [0.2, 0.25) is 0 Å². The summed E-state index contributed by atoms with van der Waals surface area (Å²) >= 11 is 0. The maximum Gasteiger partial charge on any atom is 0.0975 e. The van der Waals surface area contributed by atoms with Crippen molar-refractivity contribution in [1.29, 1.82) is 0 Å². The molecule has 0 aliphatic carbocycles. The summed E-state index contributed by atoms with van der Waals surface area (Å²) in [6.45, 7) is 3.66. The van der Waals surface area contributed by atoms with E-state index in [0.717, 1.165) is 6.54 Å². The zero-order chi connectivity index (χ0) is 10.1. The summed E-state index contributed by atoms with van der Waals surface area (Å²) in [5.74, 6) is 0. The molecule has 0 radical (unpaired) electrons. The predicted octanol–water partition coefficient (Wildman–Crippen LogP) is 1.93. The summed E-state index contributed by atoms with van der Waals surface area (Å²) in [5.41, 5.74) is 1.61. The number of fused-ring (bicyclic) bond motifs is 1. The number of nitrogens with one attached hydrogen (secondary N) is 1. The molecule has 2 aliphatic rings. The fourth-order valence-corrected chi connectivity index (χ4v) is 3.09. The van der Waals surface area contributed by atoms with Crippen LogP contribution in [0, 0.1) is 0 Å². The van der Waals surface area contributed by atoms with Gasteiger partial charge in [-0.15, -0.1) is 0 Å². The average Bonchev–Trinajstić information content (AvgIpc) is 2.75. The van der Waals surface area contributed by atoms with Crippen molar-refractivity contribution in [2.45, 2.75) is 24.9 Å². The highest BCUT2D eigenvalue weighted by Crippen LogP contribution is 2.37. The van der Waals surface area contributed by atoms with Crippen molar-refractivity contribution in [3.05, 3.63) is 35.9 Å². The average molecular weight is 202 g/mol. The molecule has 0 unspecified atom stereocenters. The van der Waals surface area contributed by atoms with Crippen LogP contribution in [0.1, 0.15) is 24.8 Å². The van der Waals surface area contributed by atoms with E-state index >= 15 is 0 Å². The van der Waals surface area contributed by atoms with Crippen molar-refractivity contribution in [3.63, 3.8) is 0 Å². The first-order valence-corrected chi connectivity index (χ1v) is 5.97. The molecule has 0 bridgehead atoms. The molecule has 15 heavy (non-hydrogen) atoms. The zero-order valence-electron chi connectivity index (χ0n) is 9.08. The van der Waals surface area contributed by atoms with Crippen LogP contribution < -0.4 is 5.32 Å². The lowest BCUT2D eigenvalue weighted by Gasteiger charge is -2.43. The van der Waals surface area contributed by atoms with Crippen molar-refractivity contribution >= 4 is 0 Å². The van der Waals surface area contributed by atoms with Gasteiger partial charge in [-0.2, -0.15) is 0 Å². The van der Waals surface area contributed by atoms with Gasteiger partial charge in [-0.05, 0) is 31.4 Å². The first kappa shape index (κ1) is 9.37. The Balaban J connectivity index is 2.00. The highest BCUT2D eigenvalue weighted by Gasteiger charge is 2.43. The molecule has 0 amide bonds. The molecule has 1 aromatic rings. The highest BCUT2D eigenvalue weighted by atomic mass is 15.4. The lowest BCUT2D eigenvalue weighted by Crippen LogP contribution is -2.56. The van der Waals surface area contributed by atoms with E-state index in [1.807, 2.05) is 0 Å². The Morgan fingerprint density at radius 1 is 1.07 bits per heavy atom. The first-order valence-electron chi connectivity index (χ1n) is 5.97. The Bertz CT molecular complexity index is 336.